The Morgan fingerprint density at radius 2 is 2.06 bits per heavy atom. The predicted octanol–water partition coefficient (Wildman–Crippen LogP) is 0.975. The lowest BCUT2D eigenvalue weighted by atomic mass is 9.95. The molecule has 0 spiro atoms. The molecular formula is C12H15NO4. The van der Waals surface area contributed by atoms with Gasteiger partial charge >= 0.3 is 5.97 Å². The van der Waals surface area contributed by atoms with Crippen molar-refractivity contribution in [1.29, 1.82) is 0 Å². The van der Waals surface area contributed by atoms with E-state index in [-0.39, 0.29) is 12.3 Å². The summed E-state index contributed by atoms with van der Waals surface area (Å²) >= 11 is 0. The van der Waals surface area contributed by atoms with Crippen LogP contribution in [0.2, 0.25) is 0 Å². The van der Waals surface area contributed by atoms with Crippen LogP contribution in [0.25, 0.3) is 0 Å². The number of rotatable bonds is 4. The second-order valence-corrected chi connectivity index (χ2v) is 3.93. The maximum atomic E-state index is 10.7. The van der Waals surface area contributed by atoms with Crippen molar-refractivity contribution in [3.63, 3.8) is 0 Å². The normalized spacial score (nSPS) is 15.4. The van der Waals surface area contributed by atoms with Crippen molar-refractivity contribution in [1.82, 2.24) is 0 Å². The van der Waals surface area contributed by atoms with Crippen molar-refractivity contribution in [2.24, 2.45) is 5.73 Å². The summed E-state index contributed by atoms with van der Waals surface area (Å²) in [5.74, 6) is 0.322. The van der Waals surface area contributed by atoms with Gasteiger partial charge in [0.1, 0.15) is 13.2 Å². The number of fused-ring (bicyclic) bond motifs is 1. The van der Waals surface area contributed by atoms with E-state index < -0.39 is 5.97 Å². The van der Waals surface area contributed by atoms with E-state index in [4.69, 9.17) is 20.3 Å². The maximum Gasteiger partial charge on any atom is 0.304 e. The minimum atomic E-state index is -0.852. The molecule has 5 heteroatoms. The van der Waals surface area contributed by atoms with E-state index in [0.717, 1.165) is 5.56 Å². The van der Waals surface area contributed by atoms with Gasteiger partial charge < -0.3 is 20.3 Å². The fourth-order valence-electron chi connectivity index (χ4n) is 1.86. The molecular weight excluding hydrogens is 222 g/mol. The number of hydrogen-bond acceptors (Lipinski definition) is 4. The third-order valence-electron chi connectivity index (χ3n) is 2.74. The Balaban J connectivity index is 2.22. The third-order valence-corrected chi connectivity index (χ3v) is 2.74. The molecule has 1 aromatic carbocycles. The highest BCUT2D eigenvalue weighted by Crippen LogP contribution is 2.33. The highest BCUT2D eigenvalue weighted by molar-refractivity contribution is 5.68. The summed E-state index contributed by atoms with van der Waals surface area (Å²) < 4.78 is 10.9. The highest BCUT2D eigenvalue weighted by Gasteiger charge is 2.18. The molecule has 1 aromatic rings. The van der Waals surface area contributed by atoms with Crippen molar-refractivity contribution in [2.45, 2.75) is 12.3 Å². The molecule has 1 unspecified atom stereocenters. The van der Waals surface area contributed by atoms with Crippen LogP contribution in [0.15, 0.2) is 18.2 Å². The van der Waals surface area contributed by atoms with Crippen molar-refractivity contribution in [3.05, 3.63) is 23.8 Å². The summed E-state index contributed by atoms with van der Waals surface area (Å²) in [6.07, 6.45) is 0.0240. The zero-order chi connectivity index (χ0) is 12.3. The number of ether oxygens (including phenoxy) is 2. The lowest BCUT2D eigenvalue weighted by Gasteiger charge is -2.20. The fourth-order valence-corrected chi connectivity index (χ4v) is 1.86. The predicted molar refractivity (Wildman–Crippen MR) is 61.5 cm³/mol. The molecule has 2 rings (SSSR count). The first kappa shape index (κ1) is 11.7. The van der Waals surface area contributed by atoms with Crippen LogP contribution in [0.3, 0.4) is 0 Å². The molecule has 1 heterocycles. The van der Waals surface area contributed by atoms with E-state index in [1.165, 1.54) is 0 Å². The Morgan fingerprint density at radius 3 is 2.71 bits per heavy atom. The van der Waals surface area contributed by atoms with E-state index in [2.05, 4.69) is 0 Å². The SMILES string of the molecule is NCC(CC(=O)O)c1ccc2c(c1)OCCO2. The molecule has 92 valence electrons. The Bertz CT molecular complexity index is 419. The molecule has 0 aromatic heterocycles. The van der Waals surface area contributed by atoms with Gasteiger partial charge in [0.25, 0.3) is 0 Å². The Hall–Kier alpha value is -1.75. The minimum absolute atomic E-state index is 0.0240. The van der Waals surface area contributed by atoms with Gasteiger partial charge in [-0.1, -0.05) is 6.07 Å². The molecule has 0 fully saturated rings. The van der Waals surface area contributed by atoms with Crippen LogP contribution in [-0.2, 0) is 4.79 Å². The molecule has 3 N–H and O–H groups in total. The van der Waals surface area contributed by atoms with Crippen molar-refractivity contribution in [2.75, 3.05) is 19.8 Å². The summed E-state index contributed by atoms with van der Waals surface area (Å²) in [5, 5.41) is 8.80. The average molecular weight is 237 g/mol. The summed E-state index contributed by atoms with van der Waals surface area (Å²) in [5.41, 5.74) is 6.47. The van der Waals surface area contributed by atoms with Crippen LogP contribution in [-0.4, -0.2) is 30.8 Å². The van der Waals surface area contributed by atoms with Crippen LogP contribution in [0, 0.1) is 0 Å². The Morgan fingerprint density at radius 1 is 1.35 bits per heavy atom. The van der Waals surface area contributed by atoms with Gasteiger partial charge in [0, 0.05) is 5.92 Å². The number of aliphatic carboxylic acids is 1. The first-order chi connectivity index (χ1) is 8.20. The molecule has 1 aliphatic rings. The molecule has 0 radical (unpaired) electrons. The van der Waals surface area contributed by atoms with Gasteiger partial charge in [0.15, 0.2) is 11.5 Å². The minimum Gasteiger partial charge on any atom is -0.486 e. The molecule has 0 amide bonds. The smallest absolute Gasteiger partial charge is 0.304 e. The zero-order valence-corrected chi connectivity index (χ0v) is 9.39. The molecule has 17 heavy (non-hydrogen) atoms. The fraction of sp³-hybridized carbons (Fsp3) is 0.417. The number of carboxylic acid groups (broad SMARTS) is 1. The number of carboxylic acids is 1. The van der Waals surface area contributed by atoms with Gasteiger partial charge in [0.2, 0.25) is 0 Å². The third kappa shape index (κ3) is 2.68. The van der Waals surface area contributed by atoms with E-state index in [1.807, 2.05) is 12.1 Å². The molecule has 0 bridgehead atoms. The van der Waals surface area contributed by atoms with Gasteiger partial charge in [-0.3, -0.25) is 4.79 Å². The van der Waals surface area contributed by atoms with Crippen molar-refractivity contribution in [3.8, 4) is 11.5 Å². The van der Waals surface area contributed by atoms with Crippen LogP contribution in [0.5, 0.6) is 11.5 Å². The van der Waals surface area contributed by atoms with Crippen LogP contribution in [0.4, 0.5) is 0 Å². The number of nitrogens with two attached hydrogens (primary N) is 1. The van der Waals surface area contributed by atoms with Crippen LogP contribution in [0.1, 0.15) is 17.9 Å². The Labute approximate surface area is 99.1 Å². The Kier molecular flexibility index (Phi) is 3.49. The molecule has 0 saturated carbocycles. The first-order valence-electron chi connectivity index (χ1n) is 5.52. The largest absolute Gasteiger partial charge is 0.486 e. The molecule has 5 nitrogen and oxygen atoms in total. The number of benzene rings is 1. The lowest BCUT2D eigenvalue weighted by molar-refractivity contribution is -0.137. The van der Waals surface area contributed by atoms with Crippen LogP contribution >= 0.6 is 0 Å². The second-order valence-electron chi connectivity index (χ2n) is 3.93. The maximum absolute atomic E-state index is 10.7. The van der Waals surface area contributed by atoms with E-state index in [0.29, 0.717) is 31.3 Å². The molecule has 1 aliphatic heterocycles. The lowest BCUT2D eigenvalue weighted by Crippen LogP contribution is -2.18. The highest BCUT2D eigenvalue weighted by atomic mass is 16.6. The quantitative estimate of drug-likeness (QED) is 0.815. The van der Waals surface area contributed by atoms with Crippen molar-refractivity contribution < 1.29 is 19.4 Å². The van der Waals surface area contributed by atoms with E-state index >= 15 is 0 Å². The summed E-state index contributed by atoms with van der Waals surface area (Å²) in [6, 6.07) is 5.46. The van der Waals surface area contributed by atoms with Crippen molar-refractivity contribution >= 4 is 5.97 Å². The summed E-state index contributed by atoms with van der Waals surface area (Å²) in [6.45, 7) is 1.36. The van der Waals surface area contributed by atoms with Crippen LogP contribution < -0.4 is 15.2 Å². The summed E-state index contributed by atoms with van der Waals surface area (Å²) in [4.78, 5) is 10.7. The molecule has 0 aliphatic carbocycles. The monoisotopic (exact) mass is 237 g/mol. The second kappa shape index (κ2) is 5.05. The van der Waals surface area contributed by atoms with Gasteiger partial charge in [-0.2, -0.15) is 0 Å². The zero-order valence-electron chi connectivity index (χ0n) is 9.39. The summed E-state index contributed by atoms with van der Waals surface area (Å²) in [7, 11) is 0. The van der Waals surface area contributed by atoms with Gasteiger partial charge in [-0.05, 0) is 24.2 Å². The first-order valence-corrected chi connectivity index (χ1v) is 5.52. The average Bonchev–Trinajstić information content (AvgIpc) is 2.35. The number of carbonyl (C=O) groups is 1. The van der Waals surface area contributed by atoms with Gasteiger partial charge in [-0.25, -0.2) is 0 Å². The number of hydrogen-bond donors (Lipinski definition) is 2. The van der Waals surface area contributed by atoms with E-state index in [9.17, 15) is 4.79 Å². The van der Waals surface area contributed by atoms with E-state index in [1.54, 1.807) is 6.07 Å². The van der Waals surface area contributed by atoms with Gasteiger partial charge in [-0.15, -0.1) is 0 Å². The van der Waals surface area contributed by atoms with Gasteiger partial charge in [0.05, 0.1) is 6.42 Å². The topological polar surface area (TPSA) is 81.8 Å². The standard InChI is InChI=1S/C12H15NO4/c13-7-9(6-12(14)15)8-1-2-10-11(5-8)17-4-3-16-10/h1-2,5,9H,3-4,6-7,13H2,(H,14,15). The molecule has 1 atom stereocenters. The molecule has 0 saturated heterocycles.